The fourth-order valence-corrected chi connectivity index (χ4v) is 0. The molecule has 0 aliphatic rings. The predicted octanol–water partition coefficient (Wildman–Crippen LogP) is -4.72. The minimum absolute atomic E-state index is 0. The average molecular weight is 718 g/mol. The van der Waals surface area contributed by atoms with E-state index in [1.165, 1.54) is 0 Å². The molecular weight excluding hydrogens is 712 g/mol. The van der Waals surface area contributed by atoms with E-state index in [1.807, 2.05) is 0 Å². The summed E-state index contributed by atoms with van der Waals surface area (Å²) in [5.74, 6) is 0. The van der Waals surface area contributed by atoms with Gasteiger partial charge in [-0.05, 0) is 0 Å². The maximum absolute atomic E-state index is 8.88. The van der Waals surface area contributed by atoms with Crippen LogP contribution in [0, 0.1) is 0 Å². The molecule has 0 aromatic carbocycles. The Bertz CT molecular complexity index is 333. The van der Waals surface area contributed by atoms with Crippen LogP contribution < -0.4 is 7.52 Å². The summed E-state index contributed by atoms with van der Waals surface area (Å²) in [6.07, 6.45) is 0. The van der Waals surface area contributed by atoms with Crippen LogP contribution in [0.3, 0.4) is 0 Å². The molecule has 0 aromatic heterocycles. The standard InChI is InChI=1S/Ni.2H3O4P.6O.2W/c;2*1-5(2,3)4;;;;;;;;/h;2*(H3,1,2,3,4);;;;;;;;/q+2;;;;;;;2*-1;;. The maximum atomic E-state index is 8.88. The first-order valence-electron chi connectivity index (χ1n) is 2.57. The van der Waals surface area contributed by atoms with Gasteiger partial charge in [0.15, 0.2) is 0 Å². The van der Waals surface area contributed by atoms with Crippen LogP contribution in [0.1, 0.15) is 0 Å². The Morgan fingerprint density at radius 1 is 0.632 bits per heavy atom. The first-order valence-corrected chi connectivity index (χ1v) is 12.9. The molecule has 0 unspecified atom stereocenters. The molecule has 14 nitrogen and oxygen atoms in total. The molecule has 0 rings (SSSR count). The van der Waals surface area contributed by atoms with E-state index in [2.05, 4.69) is 0 Å². The topological polar surface area (TPSA) is 270 Å². The van der Waals surface area contributed by atoms with Crippen molar-refractivity contribution < 1.29 is 111 Å². The van der Waals surface area contributed by atoms with E-state index in [4.69, 9.17) is 59.6 Å². The Balaban J connectivity index is -0.0000000453. The third-order valence-electron chi connectivity index (χ3n) is 0. The molecular formula is H6NiO14P2W2. The zero-order valence-electron chi connectivity index (χ0n) is 7.98. The van der Waals surface area contributed by atoms with Crippen molar-refractivity contribution in [1.82, 2.24) is 0 Å². The van der Waals surface area contributed by atoms with Crippen molar-refractivity contribution in [2.24, 2.45) is 0 Å². The second kappa shape index (κ2) is 17.3. The normalized spacial score (nSPS) is 8.84. The van der Waals surface area contributed by atoms with Crippen molar-refractivity contribution >= 4 is 15.6 Å². The predicted molar refractivity (Wildman–Crippen MR) is 31.3 cm³/mol. The summed E-state index contributed by atoms with van der Waals surface area (Å²) in [4.78, 5) is 43.1. The van der Waals surface area contributed by atoms with Gasteiger partial charge in [-0.15, -0.1) is 0 Å². The molecule has 0 atom stereocenters. The first kappa shape index (κ1) is 32.2. The van der Waals surface area contributed by atoms with Gasteiger partial charge in [-0.1, -0.05) is 0 Å². The van der Waals surface area contributed by atoms with Gasteiger partial charge in [0.1, 0.15) is 0 Å². The van der Waals surface area contributed by atoms with Crippen LogP contribution in [0.4, 0.5) is 0 Å². The SMILES string of the molecule is O=P(O)(O)O.O=P(O)(O)O.[Ni+2].[O]=[W](=[O])[O-].[O]=[W](=[O])[O-]. The van der Waals surface area contributed by atoms with E-state index in [-0.39, 0.29) is 16.5 Å². The van der Waals surface area contributed by atoms with Crippen LogP contribution in [0.5, 0.6) is 0 Å². The van der Waals surface area contributed by atoms with Gasteiger partial charge in [0.05, 0.1) is 0 Å². The summed E-state index contributed by atoms with van der Waals surface area (Å²) in [6, 6.07) is 0. The molecule has 0 radical (unpaired) electrons. The second-order valence-electron chi connectivity index (χ2n) is 1.43. The molecule has 122 valence electrons. The van der Waals surface area contributed by atoms with Gasteiger partial charge < -0.3 is 29.4 Å². The van der Waals surface area contributed by atoms with Crippen molar-refractivity contribution in [3.05, 3.63) is 0 Å². The Kier molecular flexibility index (Phi) is 29.3. The van der Waals surface area contributed by atoms with E-state index in [0.717, 1.165) is 0 Å². The summed E-state index contributed by atoms with van der Waals surface area (Å²) >= 11 is -8.56. The van der Waals surface area contributed by atoms with Gasteiger partial charge in [0.2, 0.25) is 0 Å². The fourth-order valence-electron chi connectivity index (χ4n) is 0. The molecule has 19 heteroatoms. The average Bonchev–Trinajstić information content (AvgIpc) is 1.70. The molecule has 0 aromatic rings. The third-order valence-corrected chi connectivity index (χ3v) is 0. The summed E-state index contributed by atoms with van der Waals surface area (Å²) in [5, 5.41) is 0. The number of phosphoric acid groups is 2. The minimum atomic E-state index is -4.64. The van der Waals surface area contributed by atoms with Crippen LogP contribution in [-0.4, -0.2) is 29.4 Å². The second-order valence-corrected chi connectivity index (χ2v) is 6.42. The zero-order chi connectivity index (χ0) is 16.2. The Morgan fingerprint density at radius 3 is 0.632 bits per heavy atom. The zero-order valence-corrected chi connectivity index (χ0v) is 16.6. The fraction of sp³-hybridized carbons (Fsp3) is 0. The van der Waals surface area contributed by atoms with Crippen LogP contribution in [0.15, 0.2) is 0 Å². The van der Waals surface area contributed by atoms with Crippen LogP contribution in [-0.2, 0) is 74.4 Å². The van der Waals surface area contributed by atoms with Crippen molar-refractivity contribution in [1.29, 1.82) is 0 Å². The summed E-state index contributed by atoms with van der Waals surface area (Å²) in [5.41, 5.74) is 0. The molecule has 19 heavy (non-hydrogen) atoms. The van der Waals surface area contributed by atoms with E-state index in [0.29, 0.717) is 0 Å². The van der Waals surface area contributed by atoms with E-state index in [9.17, 15) is 0 Å². The van der Waals surface area contributed by atoms with Crippen molar-refractivity contribution in [2.45, 2.75) is 0 Å². The summed E-state index contributed by atoms with van der Waals surface area (Å²) in [6.45, 7) is 0. The van der Waals surface area contributed by atoms with Crippen LogP contribution in [0.2, 0.25) is 0 Å². The van der Waals surface area contributed by atoms with E-state index in [1.54, 1.807) is 0 Å². The van der Waals surface area contributed by atoms with Gasteiger partial charge >= 0.3 is 88.5 Å². The molecule has 0 saturated heterocycles. The molecule has 0 aliphatic heterocycles. The van der Waals surface area contributed by atoms with E-state index >= 15 is 0 Å². The Hall–Kier alpha value is 1.21. The number of hydrogen-bond acceptors (Lipinski definition) is 8. The van der Waals surface area contributed by atoms with Gasteiger partial charge in [-0.25, -0.2) is 9.13 Å². The molecule has 0 bridgehead atoms. The molecule has 0 saturated carbocycles. The molecule has 0 spiro atoms. The van der Waals surface area contributed by atoms with Crippen molar-refractivity contribution in [3.8, 4) is 0 Å². The van der Waals surface area contributed by atoms with Crippen molar-refractivity contribution in [3.63, 3.8) is 0 Å². The summed E-state index contributed by atoms with van der Waals surface area (Å²) in [7, 11) is -9.28. The monoisotopic (exact) mass is 718 g/mol. The number of rotatable bonds is 0. The van der Waals surface area contributed by atoms with Gasteiger partial charge in [0.25, 0.3) is 0 Å². The molecule has 6 N–H and O–H groups in total. The Morgan fingerprint density at radius 2 is 0.632 bits per heavy atom. The van der Waals surface area contributed by atoms with Gasteiger partial charge in [-0.3, -0.25) is 0 Å². The van der Waals surface area contributed by atoms with Crippen LogP contribution in [0.25, 0.3) is 0 Å². The van der Waals surface area contributed by atoms with Crippen molar-refractivity contribution in [2.75, 3.05) is 0 Å². The molecule has 0 heterocycles. The molecule has 0 amide bonds. The number of hydrogen-bond donors (Lipinski definition) is 6. The summed E-state index contributed by atoms with van der Waals surface area (Å²) < 4.78 is 69.4. The first-order chi connectivity index (χ1) is 7.46. The van der Waals surface area contributed by atoms with Crippen LogP contribution >= 0.6 is 15.6 Å². The quantitative estimate of drug-likeness (QED) is 0.102. The van der Waals surface area contributed by atoms with Gasteiger partial charge in [-0.2, -0.15) is 0 Å². The molecule has 0 aliphatic carbocycles. The molecule has 0 fully saturated rings. The Labute approximate surface area is 126 Å². The third kappa shape index (κ3) is 3890. The van der Waals surface area contributed by atoms with E-state index < -0.39 is 50.9 Å². The van der Waals surface area contributed by atoms with Gasteiger partial charge in [0, 0.05) is 0 Å².